The van der Waals surface area contributed by atoms with E-state index in [0.29, 0.717) is 5.69 Å². The highest BCUT2D eigenvalue weighted by Crippen LogP contribution is 2.10. The first kappa shape index (κ1) is 14.3. The van der Waals surface area contributed by atoms with Crippen LogP contribution in [0.15, 0.2) is 41.2 Å². The van der Waals surface area contributed by atoms with Gasteiger partial charge in [0.1, 0.15) is 11.6 Å². The van der Waals surface area contributed by atoms with E-state index in [4.69, 9.17) is 5.26 Å². The molecule has 0 saturated carbocycles. The second-order valence-electron chi connectivity index (χ2n) is 4.19. The van der Waals surface area contributed by atoms with Gasteiger partial charge in [-0.1, -0.05) is 36.4 Å². The molecule has 0 fully saturated rings. The monoisotopic (exact) mass is 280 g/mol. The van der Waals surface area contributed by atoms with Crippen LogP contribution < -0.4 is 5.56 Å². The molecule has 0 saturated heterocycles. The van der Waals surface area contributed by atoms with Gasteiger partial charge in [-0.15, -0.1) is 0 Å². The molecule has 0 bridgehead atoms. The van der Waals surface area contributed by atoms with Gasteiger partial charge in [-0.05, 0) is 17.7 Å². The number of rotatable bonds is 3. The number of benzene rings is 1. The summed E-state index contributed by atoms with van der Waals surface area (Å²) in [6, 6.07) is 12.6. The van der Waals surface area contributed by atoms with Crippen molar-refractivity contribution in [3.8, 4) is 6.07 Å². The number of nitrogens with zero attached hydrogens (tertiary/aromatic N) is 1. The van der Waals surface area contributed by atoms with Crippen LogP contribution in [0.3, 0.4) is 0 Å². The molecule has 5 nitrogen and oxygen atoms in total. The van der Waals surface area contributed by atoms with Gasteiger partial charge in [-0.25, -0.2) is 4.79 Å². The number of nitriles is 1. The summed E-state index contributed by atoms with van der Waals surface area (Å²) in [5, 5.41) is 8.95. The second kappa shape index (κ2) is 6.35. The van der Waals surface area contributed by atoms with Crippen molar-refractivity contribution in [2.45, 2.75) is 0 Å². The highest BCUT2D eigenvalue weighted by Gasteiger charge is 2.15. The molecule has 1 aromatic carbocycles. The molecule has 0 unspecified atom stereocenters. The Bertz CT molecular complexity index is 783. The van der Waals surface area contributed by atoms with E-state index in [1.807, 2.05) is 30.3 Å². The van der Waals surface area contributed by atoms with Crippen molar-refractivity contribution < 1.29 is 9.53 Å². The zero-order valence-corrected chi connectivity index (χ0v) is 11.3. The summed E-state index contributed by atoms with van der Waals surface area (Å²) < 4.78 is 4.58. The molecule has 0 radical (unpaired) electrons. The number of nitrogens with one attached hydrogen (secondary N) is 1. The number of hydrogen-bond donors (Lipinski definition) is 1. The summed E-state index contributed by atoms with van der Waals surface area (Å²) in [7, 11) is 1.20. The van der Waals surface area contributed by atoms with Gasteiger partial charge in [0.15, 0.2) is 0 Å². The highest BCUT2D eigenvalue weighted by atomic mass is 16.5. The Labute approximate surface area is 121 Å². The van der Waals surface area contributed by atoms with Crippen LogP contribution in [-0.4, -0.2) is 18.1 Å². The van der Waals surface area contributed by atoms with Crippen molar-refractivity contribution in [2.24, 2.45) is 0 Å². The summed E-state index contributed by atoms with van der Waals surface area (Å²) in [5.41, 5.74) is 0.453. The minimum atomic E-state index is -0.716. The lowest BCUT2D eigenvalue weighted by Gasteiger charge is -2.03. The number of esters is 1. The Morgan fingerprint density at radius 1 is 1.29 bits per heavy atom. The van der Waals surface area contributed by atoms with Crippen LogP contribution in [0.1, 0.15) is 27.2 Å². The van der Waals surface area contributed by atoms with E-state index in [9.17, 15) is 9.59 Å². The molecule has 0 aliphatic heterocycles. The first-order valence-corrected chi connectivity index (χ1v) is 6.14. The van der Waals surface area contributed by atoms with Gasteiger partial charge in [-0.3, -0.25) is 4.79 Å². The van der Waals surface area contributed by atoms with Crippen LogP contribution in [0.5, 0.6) is 0 Å². The lowest BCUT2D eigenvalue weighted by Crippen LogP contribution is -2.18. The van der Waals surface area contributed by atoms with E-state index >= 15 is 0 Å². The molecule has 2 aromatic rings. The second-order valence-corrected chi connectivity index (χ2v) is 4.19. The Kier molecular flexibility index (Phi) is 4.32. The van der Waals surface area contributed by atoms with Crippen LogP contribution in [0.2, 0.25) is 0 Å². The average molecular weight is 280 g/mol. The number of hydrogen-bond acceptors (Lipinski definition) is 4. The summed E-state index contributed by atoms with van der Waals surface area (Å²) in [6.45, 7) is 0. The van der Waals surface area contributed by atoms with Crippen LogP contribution in [0.4, 0.5) is 0 Å². The zero-order valence-electron chi connectivity index (χ0n) is 11.3. The van der Waals surface area contributed by atoms with Crippen molar-refractivity contribution in [3.05, 3.63) is 69.1 Å². The van der Waals surface area contributed by atoms with Crippen LogP contribution in [0, 0.1) is 11.3 Å². The normalized spacial score (nSPS) is 10.3. The lowest BCUT2D eigenvalue weighted by molar-refractivity contribution is 0.0600. The van der Waals surface area contributed by atoms with Crippen molar-refractivity contribution in [1.29, 1.82) is 5.26 Å². The van der Waals surface area contributed by atoms with Crippen molar-refractivity contribution in [1.82, 2.24) is 4.98 Å². The van der Waals surface area contributed by atoms with Gasteiger partial charge >= 0.3 is 5.97 Å². The fraction of sp³-hybridized carbons (Fsp3) is 0.0625. The van der Waals surface area contributed by atoms with Gasteiger partial charge < -0.3 is 9.72 Å². The predicted molar refractivity (Wildman–Crippen MR) is 78.5 cm³/mol. The molecule has 2 rings (SSSR count). The fourth-order valence-electron chi connectivity index (χ4n) is 1.80. The van der Waals surface area contributed by atoms with Gasteiger partial charge in [-0.2, -0.15) is 5.26 Å². The smallest absolute Gasteiger partial charge is 0.339 e. The maximum Gasteiger partial charge on any atom is 0.339 e. The molecule has 104 valence electrons. The number of carbonyl (C=O) groups excluding carboxylic acids is 1. The van der Waals surface area contributed by atoms with Crippen molar-refractivity contribution >= 4 is 18.1 Å². The summed E-state index contributed by atoms with van der Waals surface area (Å²) in [6.07, 6.45) is 3.45. The molecule has 0 amide bonds. The first-order chi connectivity index (χ1) is 10.2. The molecule has 5 heteroatoms. The molecule has 0 spiro atoms. The molecular formula is C16H12N2O3. The number of pyridine rings is 1. The molecule has 1 heterocycles. The van der Waals surface area contributed by atoms with Crippen molar-refractivity contribution in [3.63, 3.8) is 0 Å². The van der Waals surface area contributed by atoms with Crippen molar-refractivity contribution in [2.75, 3.05) is 7.11 Å². The maximum absolute atomic E-state index is 11.8. The summed E-state index contributed by atoms with van der Waals surface area (Å²) in [5.74, 6) is -0.716. The summed E-state index contributed by atoms with van der Waals surface area (Å²) >= 11 is 0. The largest absolute Gasteiger partial charge is 0.465 e. The molecule has 0 aliphatic rings. The Morgan fingerprint density at radius 2 is 2.00 bits per heavy atom. The SMILES string of the molecule is COC(=O)c1cc(/C=C/c2ccccc2)[nH]c(=O)c1C#N. The number of aromatic nitrogens is 1. The molecule has 0 aliphatic carbocycles. The topological polar surface area (TPSA) is 83.0 Å². The van der Waals surface area contributed by atoms with Gasteiger partial charge in [0.05, 0.1) is 12.7 Å². The van der Waals surface area contributed by atoms with E-state index in [2.05, 4.69) is 9.72 Å². The van der Waals surface area contributed by atoms with Crippen LogP contribution >= 0.6 is 0 Å². The number of aromatic amines is 1. The molecule has 21 heavy (non-hydrogen) atoms. The molecule has 1 N–H and O–H groups in total. The number of ether oxygens (including phenoxy) is 1. The van der Waals surface area contributed by atoms with Gasteiger partial charge in [0.2, 0.25) is 0 Å². The molecular weight excluding hydrogens is 268 g/mol. The fourth-order valence-corrected chi connectivity index (χ4v) is 1.80. The quantitative estimate of drug-likeness (QED) is 0.874. The minimum absolute atomic E-state index is 0.0449. The minimum Gasteiger partial charge on any atom is -0.465 e. The maximum atomic E-state index is 11.8. The third kappa shape index (κ3) is 3.25. The Hall–Kier alpha value is -3.13. The van der Waals surface area contributed by atoms with Gasteiger partial charge in [0, 0.05) is 5.69 Å². The number of carbonyl (C=O) groups is 1. The van der Waals surface area contributed by atoms with Crippen LogP contribution in [0.25, 0.3) is 12.2 Å². The zero-order chi connectivity index (χ0) is 15.2. The van der Waals surface area contributed by atoms with E-state index < -0.39 is 11.5 Å². The first-order valence-electron chi connectivity index (χ1n) is 6.14. The Morgan fingerprint density at radius 3 is 2.62 bits per heavy atom. The average Bonchev–Trinajstić information content (AvgIpc) is 2.52. The number of methoxy groups -OCH3 is 1. The third-order valence-electron chi connectivity index (χ3n) is 2.83. The molecule has 0 atom stereocenters. The predicted octanol–water partition coefficient (Wildman–Crippen LogP) is 2.20. The third-order valence-corrected chi connectivity index (χ3v) is 2.83. The van der Waals surface area contributed by atoms with Gasteiger partial charge in [0.25, 0.3) is 5.56 Å². The Balaban J connectivity index is 2.45. The summed E-state index contributed by atoms with van der Waals surface area (Å²) in [4.78, 5) is 26.0. The van der Waals surface area contributed by atoms with E-state index in [-0.39, 0.29) is 11.1 Å². The van der Waals surface area contributed by atoms with E-state index in [1.54, 1.807) is 18.2 Å². The molecule has 1 aromatic heterocycles. The van der Waals surface area contributed by atoms with E-state index in [0.717, 1.165) is 5.56 Å². The highest BCUT2D eigenvalue weighted by molar-refractivity contribution is 5.92. The van der Waals surface area contributed by atoms with E-state index in [1.165, 1.54) is 13.2 Å². The number of H-pyrrole nitrogens is 1. The van der Waals surface area contributed by atoms with Crippen LogP contribution in [-0.2, 0) is 4.74 Å². The standard InChI is InChI=1S/C16H12N2O3/c1-21-16(20)13-9-12(18-15(19)14(13)10-17)8-7-11-5-3-2-4-6-11/h2-9H,1H3,(H,18,19)/b8-7+. The lowest BCUT2D eigenvalue weighted by atomic mass is 10.1.